The van der Waals surface area contributed by atoms with Gasteiger partial charge in [0.1, 0.15) is 0 Å². The Bertz CT molecular complexity index is 591. The number of carbonyl (C=O) groups is 1. The summed E-state index contributed by atoms with van der Waals surface area (Å²) in [5.41, 5.74) is 0.377. The second-order valence-corrected chi connectivity index (χ2v) is 4.84. The van der Waals surface area contributed by atoms with Gasteiger partial charge in [-0.3, -0.25) is 9.78 Å². The molecule has 0 fully saturated rings. The van der Waals surface area contributed by atoms with Gasteiger partial charge < -0.3 is 0 Å². The highest BCUT2D eigenvalue weighted by Crippen LogP contribution is 2.35. The zero-order chi connectivity index (χ0) is 14.6. The Hall–Kier alpha value is -2.03. The standard InChI is InChI=1S/C17H18FNO/c1-3-17(4-2,13-8-6-5-7-9-13)16(20)14-10-11-19-12-15(14)18/h5-12H,3-4H2,1-2H3. The smallest absolute Gasteiger partial charge is 0.176 e. The number of halogens is 1. The highest BCUT2D eigenvalue weighted by Gasteiger charge is 2.38. The lowest BCUT2D eigenvalue weighted by atomic mass is 9.70. The second kappa shape index (κ2) is 5.95. The minimum absolute atomic E-state index is 0.118. The van der Waals surface area contributed by atoms with Crippen LogP contribution in [0.4, 0.5) is 4.39 Å². The van der Waals surface area contributed by atoms with Gasteiger partial charge in [-0.1, -0.05) is 44.2 Å². The summed E-state index contributed by atoms with van der Waals surface area (Å²) in [5, 5.41) is 0. The van der Waals surface area contributed by atoms with E-state index in [1.54, 1.807) is 0 Å². The SMILES string of the molecule is CCC(CC)(C(=O)c1ccncc1F)c1ccccc1. The zero-order valence-corrected chi connectivity index (χ0v) is 11.8. The molecule has 0 aliphatic heterocycles. The molecule has 1 aromatic heterocycles. The third-order valence-electron chi connectivity index (χ3n) is 3.99. The van der Waals surface area contributed by atoms with Gasteiger partial charge in [0.05, 0.1) is 17.2 Å². The van der Waals surface area contributed by atoms with Crippen molar-refractivity contribution >= 4 is 5.78 Å². The third-order valence-corrected chi connectivity index (χ3v) is 3.99. The topological polar surface area (TPSA) is 30.0 Å². The van der Waals surface area contributed by atoms with Gasteiger partial charge in [0.2, 0.25) is 0 Å². The Labute approximate surface area is 118 Å². The van der Waals surface area contributed by atoms with E-state index in [2.05, 4.69) is 4.98 Å². The van der Waals surface area contributed by atoms with Crippen molar-refractivity contribution in [1.82, 2.24) is 4.98 Å². The molecular weight excluding hydrogens is 253 g/mol. The van der Waals surface area contributed by atoms with E-state index < -0.39 is 11.2 Å². The monoisotopic (exact) mass is 271 g/mol. The van der Waals surface area contributed by atoms with E-state index in [0.717, 1.165) is 11.8 Å². The van der Waals surface area contributed by atoms with Gasteiger partial charge in [-0.25, -0.2) is 4.39 Å². The van der Waals surface area contributed by atoms with Crippen LogP contribution >= 0.6 is 0 Å². The lowest BCUT2D eigenvalue weighted by molar-refractivity contribution is 0.0868. The molecular formula is C17H18FNO. The van der Waals surface area contributed by atoms with Crippen molar-refractivity contribution in [2.75, 3.05) is 0 Å². The molecule has 0 aliphatic carbocycles. The fourth-order valence-corrected chi connectivity index (χ4v) is 2.68. The maximum Gasteiger partial charge on any atom is 0.176 e. The Kier molecular flexibility index (Phi) is 4.28. The Morgan fingerprint density at radius 2 is 1.80 bits per heavy atom. The van der Waals surface area contributed by atoms with Gasteiger partial charge >= 0.3 is 0 Å². The molecule has 2 aromatic rings. The molecule has 0 amide bonds. The molecule has 0 unspecified atom stereocenters. The predicted octanol–water partition coefficient (Wildman–Crippen LogP) is 4.16. The Morgan fingerprint density at radius 3 is 2.35 bits per heavy atom. The number of rotatable bonds is 5. The highest BCUT2D eigenvalue weighted by atomic mass is 19.1. The van der Waals surface area contributed by atoms with Crippen LogP contribution in [0.15, 0.2) is 48.8 Å². The van der Waals surface area contributed by atoms with Crippen LogP contribution in [0.1, 0.15) is 42.6 Å². The maximum absolute atomic E-state index is 13.9. The first-order chi connectivity index (χ1) is 9.65. The fourth-order valence-electron chi connectivity index (χ4n) is 2.68. The number of aromatic nitrogens is 1. The van der Waals surface area contributed by atoms with Gasteiger partial charge in [-0.05, 0) is 24.5 Å². The summed E-state index contributed by atoms with van der Waals surface area (Å²) < 4.78 is 13.9. The largest absolute Gasteiger partial charge is 0.293 e. The number of Topliss-reactive ketones (excluding diaryl/α,β-unsaturated/α-hetero) is 1. The lowest BCUT2D eigenvalue weighted by Gasteiger charge is -2.31. The number of benzene rings is 1. The van der Waals surface area contributed by atoms with E-state index in [4.69, 9.17) is 0 Å². The molecule has 0 spiro atoms. The first-order valence-corrected chi connectivity index (χ1v) is 6.85. The number of ketones is 1. The number of nitrogens with zero attached hydrogens (tertiary/aromatic N) is 1. The lowest BCUT2D eigenvalue weighted by Crippen LogP contribution is -2.35. The van der Waals surface area contributed by atoms with Crippen LogP contribution in [0.25, 0.3) is 0 Å². The minimum Gasteiger partial charge on any atom is -0.293 e. The molecule has 0 radical (unpaired) electrons. The normalized spacial score (nSPS) is 11.3. The molecule has 0 N–H and O–H groups in total. The molecule has 0 atom stereocenters. The van der Waals surface area contributed by atoms with Crippen LogP contribution in [0, 0.1) is 5.82 Å². The van der Waals surface area contributed by atoms with Crippen LogP contribution in [0.3, 0.4) is 0 Å². The average Bonchev–Trinajstić information content (AvgIpc) is 2.50. The van der Waals surface area contributed by atoms with Crippen molar-refractivity contribution in [3.05, 3.63) is 65.7 Å². The first-order valence-electron chi connectivity index (χ1n) is 6.85. The van der Waals surface area contributed by atoms with Gasteiger partial charge in [0.15, 0.2) is 11.6 Å². The Balaban J connectivity index is 2.54. The number of carbonyl (C=O) groups excluding carboxylic acids is 1. The van der Waals surface area contributed by atoms with Crippen molar-refractivity contribution in [2.45, 2.75) is 32.1 Å². The van der Waals surface area contributed by atoms with Gasteiger partial charge in [-0.15, -0.1) is 0 Å². The number of hydrogen-bond donors (Lipinski definition) is 0. The van der Waals surface area contributed by atoms with Crippen LogP contribution < -0.4 is 0 Å². The summed E-state index contributed by atoms with van der Waals surface area (Å²) in [7, 11) is 0. The molecule has 0 bridgehead atoms. The van der Waals surface area contributed by atoms with Gasteiger partial charge in [-0.2, -0.15) is 0 Å². The van der Waals surface area contributed by atoms with Crippen LogP contribution in [-0.2, 0) is 5.41 Å². The van der Waals surface area contributed by atoms with E-state index in [1.807, 2.05) is 44.2 Å². The van der Waals surface area contributed by atoms with Crippen molar-refractivity contribution in [2.24, 2.45) is 0 Å². The fraction of sp³-hybridized carbons (Fsp3) is 0.294. The molecule has 1 aromatic carbocycles. The average molecular weight is 271 g/mol. The zero-order valence-electron chi connectivity index (χ0n) is 11.8. The number of pyridine rings is 1. The second-order valence-electron chi connectivity index (χ2n) is 4.84. The van der Waals surface area contributed by atoms with E-state index in [1.165, 1.54) is 12.3 Å². The van der Waals surface area contributed by atoms with E-state index in [-0.39, 0.29) is 11.3 Å². The number of hydrogen-bond acceptors (Lipinski definition) is 2. The van der Waals surface area contributed by atoms with E-state index in [0.29, 0.717) is 12.8 Å². The summed E-state index contributed by atoms with van der Waals surface area (Å²) in [6, 6.07) is 11.1. The van der Waals surface area contributed by atoms with Crippen LogP contribution in [0.2, 0.25) is 0 Å². The molecule has 2 nitrogen and oxygen atoms in total. The summed E-state index contributed by atoms with van der Waals surface area (Å²) in [6.07, 6.45) is 3.81. The molecule has 20 heavy (non-hydrogen) atoms. The van der Waals surface area contributed by atoms with Crippen LogP contribution in [-0.4, -0.2) is 10.8 Å². The van der Waals surface area contributed by atoms with Crippen molar-refractivity contribution < 1.29 is 9.18 Å². The summed E-state index contributed by atoms with van der Waals surface area (Å²) >= 11 is 0. The third kappa shape index (κ3) is 2.36. The molecule has 104 valence electrons. The first kappa shape index (κ1) is 14.4. The quantitative estimate of drug-likeness (QED) is 0.764. The van der Waals surface area contributed by atoms with E-state index >= 15 is 0 Å². The highest BCUT2D eigenvalue weighted by molar-refractivity contribution is 6.04. The van der Waals surface area contributed by atoms with E-state index in [9.17, 15) is 9.18 Å². The molecule has 3 heteroatoms. The molecule has 0 saturated carbocycles. The molecule has 1 heterocycles. The predicted molar refractivity (Wildman–Crippen MR) is 77.2 cm³/mol. The molecule has 2 rings (SSSR count). The minimum atomic E-state index is -0.677. The van der Waals surface area contributed by atoms with Crippen molar-refractivity contribution in [1.29, 1.82) is 0 Å². The summed E-state index contributed by atoms with van der Waals surface area (Å²) in [6.45, 7) is 3.93. The summed E-state index contributed by atoms with van der Waals surface area (Å²) in [5.74, 6) is -0.728. The van der Waals surface area contributed by atoms with Gasteiger partial charge in [0.25, 0.3) is 0 Å². The summed E-state index contributed by atoms with van der Waals surface area (Å²) in [4.78, 5) is 16.6. The molecule has 0 aliphatic rings. The Morgan fingerprint density at radius 1 is 1.15 bits per heavy atom. The maximum atomic E-state index is 13.9. The van der Waals surface area contributed by atoms with Crippen molar-refractivity contribution in [3.63, 3.8) is 0 Å². The van der Waals surface area contributed by atoms with Crippen molar-refractivity contribution in [3.8, 4) is 0 Å². The van der Waals surface area contributed by atoms with Crippen LogP contribution in [0.5, 0.6) is 0 Å². The van der Waals surface area contributed by atoms with Gasteiger partial charge in [0, 0.05) is 6.20 Å². The molecule has 0 saturated heterocycles.